The maximum atomic E-state index is 4.85. The van der Waals surface area contributed by atoms with Gasteiger partial charge in [-0.2, -0.15) is 0 Å². The average Bonchev–Trinajstić information content (AvgIpc) is 3.06. The Morgan fingerprint density at radius 2 is 1.69 bits per heavy atom. The molecule has 0 saturated carbocycles. The number of pyridine rings is 2. The fourth-order valence-corrected chi connectivity index (χ4v) is 3.75. The quantitative estimate of drug-likeness (QED) is 0.514. The third-order valence-corrected chi connectivity index (χ3v) is 5.07. The number of hydrogen-bond donors (Lipinski definition) is 1. The lowest BCUT2D eigenvalue weighted by molar-refractivity contribution is 1.22. The van der Waals surface area contributed by atoms with Crippen LogP contribution in [0.4, 0.5) is 10.9 Å². The van der Waals surface area contributed by atoms with Crippen molar-refractivity contribution >= 4 is 22.3 Å². The van der Waals surface area contributed by atoms with E-state index in [4.69, 9.17) is 4.98 Å². The molecule has 3 heterocycles. The van der Waals surface area contributed by atoms with Gasteiger partial charge in [-0.25, -0.2) is 9.97 Å². The second-order valence-electron chi connectivity index (χ2n) is 6.08. The predicted molar refractivity (Wildman–Crippen MR) is 108 cm³/mol. The lowest BCUT2D eigenvalue weighted by Gasteiger charge is -2.04. The smallest absolute Gasteiger partial charge is 0.189 e. The molecule has 0 aliphatic carbocycles. The van der Waals surface area contributed by atoms with Gasteiger partial charge in [-0.3, -0.25) is 4.98 Å². The van der Waals surface area contributed by atoms with Gasteiger partial charge in [0.1, 0.15) is 11.5 Å². The molecule has 3 aromatic heterocycles. The number of nitrogens with zero attached hydrogens (tertiary/aromatic N) is 3. The molecule has 0 atom stereocenters. The number of aromatic nitrogens is 3. The van der Waals surface area contributed by atoms with E-state index in [2.05, 4.69) is 40.4 Å². The molecular weight excluding hydrogens is 340 g/mol. The molecular formula is C21H18N4S. The van der Waals surface area contributed by atoms with Crippen LogP contribution in [0.3, 0.4) is 0 Å². The van der Waals surface area contributed by atoms with Crippen LogP contribution < -0.4 is 5.32 Å². The number of hydrogen-bond acceptors (Lipinski definition) is 5. The fraction of sp³-hybridized carbons (Fsp3) is 0.0952. The van der Waals surface area contributed by atoms with Gasteiger partial charge in [0.05, 0.1) is 10.6 Å². The Morgan fingerprint density at radius 3 is 2.46 bits per heavy atom. The molecule has 4 nitrogen and oxygen atoms in total. The van der Waals surface area contributed by atoms with E-state index in [1.54, 1.807) is 17.5 Å². The van der Waals surface area contributed by atoms with Gasteiger partial charge in [0, 0.05) is 12.4 Å². The molecule has 0 aliphatic rings. The van der Waals surface area contributed by atoms with Crippen molar-refractivity contribution in [2.75, 3.05) is 5.32 Å². The Kier molecular flexibility index (Phi) is 4.46. The minimum Gasteiger partial charge on any atom is -0.316 e. The Bertz CT molecular complexity index is 1040. The monoisotopic (exact) mass is 358 g/mol. The Labute approximate surface area is 156 Å². The van der Waals surface area contributed by atoms with Gasteiger partial charge in [-0.15, -0.1) is 0 Å². The summed E-state index contributed by atoms with van der Waals surface area (Å²) < 4.78 is 0. The zero-order valence-electron chi connectivity index (χ0n) is 14.6. The van der Waals surface area contributed by atoms with Crippen LogP contribution in [0.15, 0.2) is 67.0 Å². The summed E-state index contributed by atoms with van der Waals surface area (Å²) in [4.78, 5) is 14.9. The van der Waals surface area contributed by atoms with Crippen molar-refractivity contribution in [1.82, 2.24) is 15.0 Å². The third kappa shape index (κ3) is 3.34. The minimum absolute atomic E-state index is 0.794. The van der Waals surface area contributed by atoms with Crippen molar-refractivity contribution in [1.29, 1.82) is 0 Å². The predicted octanol–water partition coefficient (Wildman–Crippen LogP) is 5.63. The number of aryl methyl sites for hydroxylation is 2. The van der Waals surface area contributed by atoms with E-state index in [1.165, 1.54) is 0 Å². The molecule has 128 valence electrons. The number of nitrogens with one attached hydrogen (secondary N) is 1. The molecule has 0 aliphatic heterocycles. The lowest BCUT2D eigenvalue weighted by atomic mass is 10.1. The molecule has 5 heteroatoms. The van der Waals surface area contributed by atoms with Crippen molar-refractivity contribution in [3.63, 3.8) is 0 Å². The van der Waals surface area contributed by atoms with E-state index in [0.29, 0.717) is 0 Å². The van der Waals surface area contributed by atoms with Crippen molar-refractivity contribution in [3.8, 4) is 21.8 Å². The summed E-state index contributed by atoms with van der Waals surface area (Å²) in [7, 11) is 0. The van der Waals surface area contributed by atoms with Gasteiger partial charge < -0.3 is 5.32 Å². The molecule has 1 aromatic carbocycles. The molecule has 1 N–H and O–H groups in total. The normalized spacial score (nSPS) is 10.7. The van der Waals surface area contributed by atoms with Crippen LogP contribution >= 0.6 is 11.3 Å². The van der Waals surface area contributed by atoms with E-state index >= 15 is 0 Å². The summed E-state index contributed by atoms with van der Waals surface area (Å²) in [6, 6.07) is 18.3. The topological polar surface area (TPSA) is 50.7 Å². The first-order valence-corrected chi connectivity index (χ1v) is 9.20. The number of rotatable bonds is 4. The highest BCUT2D eigenvalue weighted by Gasteiger charge is 2.17. The minimum atomic E-state index is 0.794. The molecule has 0 bridgehead atoms. The van der Waals surface area contributed by atoms with Gasteiger partial charge >= 0.3 is 0 Å². The molecule has 26 heavy (non-hydrogen) atoms. The van der Waals surface area contributed by atoms with Crippen molar-refractivity contribution < 1.29 is 0 Å². The van der Waals surface area contributed by atoms with Crippen LogP contribution in [0.1, 0.15) is 11.1 Å². The van der Waals surface area contributed by atoms with Crippen molar-refractivity contribution in [3.05, 3.63) is 78.1 Å². The maximum absolute atomic E-state index is 4.85. The van der Waals surface area contributed by atoms with Crippen molar-refractivity contribution in [2.45, 2.75) is 13.8 Å². The van der Waals surface area contributed by atoms with Crippen LogP contribution in [0, 0.1) is 13.8 Å². The van der Waals surface area contributed by atoms with Crippen molar-refractivity contribution in [2.24, 2.45) is 0 Å². The molecule has 0 fully saturated rings. The molecule has 0 saturated heterocycles. The molecule has 0 radical (unpaired) electrons. The highest BCUT2D eigenvalue weighted by molar-refractivity contribution is 7.19. The van der Waals surface area contributed by atoms with Gasteiger partial charge in [0.2, 0.25) is 0 Å². The Balaban J connectivity index is 1.82. The summed E-state index contributed by atoms with van der Waals surface area (Å²) in [6.45, 7) is 4.11. The lowest BCUT2D eigenvalue weighted by Crippen LogP contribution is -1.94. The molecule has 4 aromatic rings. The van der Waals surface area contributed by atoms with Crippen LogP contribution in [0.2, 0.25) is 0 Å². The summed E-state index contributed by atoms with van der Waals surface area (Å²) in [5.41, 5.74) is 5.20. The van der Waals surface area contributed by atoms with E-state index < -0.39 is 0 Å². The first-order chi connectivity index (χ1) is 12.7. The summed E-state index contributed by atoms with van der Waals surface area (Å²) >= 11 is 1.61. The van der Waals surface area contributed by atoms with Crippen LogP contribution in [-0.4, -0.2) is 15.0 Å². The largest absolute Gasteiger partial charge is 0.316 e. The van der Waals surface area contributed by atoms with Gasteiger partial charge in [-0.1, -0.05) is 47.7 Å². The zero-order valence-corrected chi connectivity index (χ0v) is 15.4. The number of thiazole rings is 1. The maximum Gasteiger partial charge on any atom is 0.189 e. The first kappa shape index (κ1) is 16.4. The second-order valence-corrected chi connectivity index (χ2v) is 7.07. The van der Waals surface area contributed by atoms with E-state index in [9.17, 15) is 0 Å². The SMILES string of the molecule is Cc1ccnc(Nc2nc(-c3ncccc3C)c(-c3ccccc3)s2)c1. The van der Waals surface area contributed by atoms with Gasteiger partial charge in [-0.05, 0) is 48.7 Å². The summed E-state index contributed by atoms with van der Waals surface area (Å²) in [5, 5.41) is 4.14. The Hall–Kier alpha value is -3.05. The molecule has 0 spiro atoms. The van der Waals surface area contributed by atoms with E-state index in [-0.39, 0.29) is 0 Å². The Morgan fingerprint density at radius 1 is 0.846 bits per heavy atom. The standard InChI is InChI=1S/C21H18N4S/c1-14-10-12-22-17(13-14)24-21-25-19(18-15(2)7-6-11-23-18)20(26-21)16-8-4-3-5-9-16/h3-13H,1-2H3,(H,22,24,25). The molecule has 0 unspecified atom stereocenters. The average molecular weight is 358 g/mol. The van der Waals surface area contributed by atoms with Crippen LogP contribution in [0.25, 0.3) is 21.8 Å². The number of anilines is 2. The third-order valence-electron chi connectivity index (χ3n) is 4.05. The first-order valence-electron chi connectivity index (χ1n) is 8.38. The highest BCUT2D eigenvalue weighted by Crippen LogP contribution is 2.39. The van der Waals surface area contributed by atoms with E-state index in [0.717, 1.165) is 43.9 Å². The molecule has 4 rings (SSSR count). The molecule has 0 amide bonds. The fourth-order valence-electron chi connectivity index (χ4n) is 2.77. The summed E-state index contributed by atoms with van der Waals surface area (Å²) in [5.74, 6) is 0.794. The van der Waals surface area contributed by atoms with Gasteiger partial charge in [0.15, 0.2) is 5.13 Å². The van der Waals surface area contributed by atoms with Crippen LogP contribution in [0.5, 0.6) is 0 Å². The van der Waals surface area contributed by atoms with Gasteiger partial charge in [0.25, 0.3) is 0 Å². The van der Waals surface area contributed by atoms with Crippen LogP contribution in [-0.2, 0) is 0 Å². The summed E-state index contributed by atoms with van der Waals surface area (Å²) in [6.07, 6.45) is 3.61. The van der Waals surface area contributed by atoms with E-state index in [1.807, 2.05) is 49.5 Å². The highest BCUT2D eigenvalue weighted by atomic mass is 32.1. The second kappa shape index (κ2) is 7.06. The zero-order chi connectivity index (χ0) is 17.9. The number of benzene rings is 1.